The van der Waals surface area contributed by atoms with E-state index in [1.54, 1.807) is 6.07 Å². The highest BCUT2D eigenvalue weighted by molar-refractivity contribution is 5.97. The third kappa shape index (κ3) is 6.44. The molecule has 2 N–H and O–H groups in total. The predicted molar refractivity (Wildman–Crippen MR) is 82.4 cm³/mol. The van der Waals surface area contributed by atoms with Gasteiger partial charge < -0.3 is 20.1 Å². The van der Waals surface area contributed by atoms with Gasteiger partial charge in [0.05, 0.1) is 12.7 Å². The van der Waals surface area contributed by atoms with E-state index < -0.39 is 12.5 Å². The standard InChI is InChI=1S/C14H20F2N2O3.ClH/c1-3-7-17-8-9-18-13(19)10-5-4-6-11(20-2)12(10)21-14(15)16;/h4-6,14,17H,3,7-9H2,1-2H3,(H,18,19);1H. The second kappa shape index (κ2) is 11.0. The van der Waals surface area contributed by atoms with Gasteiger partial charge >= 0.3 is 6.61 Å². The van der Waals surface area contributed by atoms with Crippen LogP contribution < -0.4 is 20.1 Å². The molecule has 0 heterocycles. The molecule has 0 aromatic heterocycles. The molecule has 0 aliphatic heterocycles. The largest absolute Gasteiger partial charge is 0.493 e. The van der Waals surface area contributed by atoms with E-state index in [9.17, 15) is 13.6 Å². The van der Waals surface area contributed by atoms with Crippen LogP contribution in [0.25, 0.3) is 0 Å². The van der Waals surface area contributed by atoms with Crippen LogP contribution in [-0.2, 0) is 0 Å². The third-order valence-corrected chi connectivity index (χ3v) is 2.66. The Morgan fingerprint density at radius 2 is 2.00 bits per heavy atom. The van der Waals surface area contributed by atoms with Crippen molar-refractivity contribution in [3.8, 4) is 11.5 Å². The van der Waals surface area contributed by atoms with Crippen LogP contribution in [0, 0.1) is 0 Å². The Morgan fingerprint density at radius 1 is 1.27 bits per heavy atom. The fourth-order valence-corrected chi connectivity index (χ4v) is 1.73. The molecular formula is C14H21ClF2N2O3. The number of hydrogen-bond acceptors (Lipinski definition) is 4. The van der Waals surface area contributed by atoms with E-state index in [1.807, 2.05) is 6.92 Å². The highest BCUT2D eigenvalue weighted by atomic mass is 35.5. The van der Waals surface area contributed by atoms with Crippen molar-refractivity contribution in [1.29, 1.82) is 0 Å². The number of alkyl halides is 2. The molecule has 0 saturated heterocycles. The van der Waals surface area contributed by atoms with Crippen LogP contribution in [0.15, 0.2) is 18.2 Å². The zero-order chi connectivity index (χ0) is 15.7. The Labute approximate surface area is 134 Å². The van der Waals surface area contributed by atoms with Crippen LogP contribution in [0.3, 0.4) is 0 Å². The van der Waals surface area contributed by atoms with Crippen LogP contribution in [0.2, 0.25) is 0 Å². The lowest BCUT2D eigenvalue weighted by Gasteiger charge is -2.14. The molecule has 0 bridgehead atoms. The van der Waals surface area contributed by atoms with Crippen LogP contribution in [-0.4, -0.2) is 39.3 Å². The first-order chi connectivity index (χ1) is 10.1. The average Bonchev–Trinajstić information content (AvgIpc) is 2.46. The van der Waals surface area contributed by atoms with E-state index in [-0.39, 0.29) is 29.5 Å². The lowest BCUT2D eigenvalue weighted by molar-refractivity contribution is -0.0515. The van der Waals surface area contributed by atoms with E-state index in [2.05, 4.69) is 15.4 Å². The average molecular weight is 339 g/mol. The number of carbonyl (C=O) groups excluding carboxylic acids is 1. The summed E-state index contributed by atoms with van der Waals surface area (Å²) in [7, 11) is 1.32. The van der Waals surface area contributed by atoms with Gasteiger partial charge in [0.2, 0.25) is 0 Å². The van der Waals surface area contributed by atoms with Gasteiger partial charge in [0.15, 0.2) is 11.5 Å². The number of methoxy groups -OCH3 is 1. The quantitative estimate of drug-likeness (QED) is 0.679. The second-order valence-corrected chi connectivity index (χ2v) is 4.22. The van der Waals surface area contributed by atoms with Gasteiger partial charge in [-0.1, -0.05) is 13.0 Å². The molecule has 0 fully saturated rings. The SMILES string of the molecule is CCCNCCNC(=O)c1cccc(OC)c1OC(F)F.Cl. The molecule has 1 aromatic rings. The lowest BCUT2D eigenvalue weighted by atomic mass is 10.1. The van der Waals surface area contributed by atoms with Crippen LogP contribution in [0.4, 0.5) is 8.78 Å². The maximum atomic E-state index is 12.5. The van der Waals surface area contributed by atoms with Gasteiger partial charge in [0.25, 0.3) is 5.91 Å². The summed E-state index contributed by atoms with van der Waals surface area (Å²) in [6, 6.07) is 4.41. The third-order valence-electron chi connectivity index (χ3n) is 2.66. The highest BCUT2D eigenvalue weighted by Gasteiger charge is 2.19. The Morgan fingerprint density at radius 3 is 2.59 bits per heavy atom. The zero-order valence-electron chi connectivity index (χ0n) is 12.5. The topological polar surface area (TPSA) is 59.6 Å². The molecular weight excluding hydrogens is 318 g/mol. The Hall–Kier alpha value is -1.60. The molecule has 0 radical (unpaired) electrons. The van der Waals surface area contributed by atoms with Crippen LogP contribution >= 0.6 is 12.4 Å². The van der Waals surface area contributed by atoms with Crippen molar-refractivity contribution in [2.24, 2.45) is 0 Å². The van der Waals surface area contributed by atoms with Crippen molar-refractivity contribution in [3.63, 3.8) is 0 Å². The predicted octanol–water partition coefficient (Wildman–Crippen LogP) is 2.45. The van der Waals surface area contributed by atoms with Crippen molar-refractivity contribution < 1.29 is 23.0 Å². The first-order valence-corrected chi connectivity index (χ1v) is 6.70. The summed E-state index contributed by atoms with van der Waals surface area (Å²) < 4.78 is 34.2. The monoisotopic (exact) mass is 338 g/mol. The number of para-hydroxylation sites is 1. The van der Waals surface area contributed by atoms with E-state index >= 15 is 0 Å². The van der Waals surface area contributed by atoms with E-state index in [1.165, 1.54) is 19.2 Å². The molecule has 0 aliphatic rings. The van der Waals surface area contributed by atoms with Crippen LogP contribution in [0.1, 0.15) is 23.7 Å². The molecule has 0 unspecified atom stereocenters. The maximum Gasteiger partial charge on any atom is 0.387 e. The summed E-state index contributed by atoms with van der Waals surface area (Å²) in [5.41, 5.74) is 0.0186. The number of carbonyl (C=O) groups is 1. The summed E-state index contributed by atoms with van der Waals surface area (Å²) in [5, 5.41) is 5.76. The van der Waals surface area contributed by atoms with Gasteiger partial charge in [-0.3, -0.25) is 4.79 Å². The number of rotatable bonds is 9. The Kier molecular flexibility index (Phi) is 10.2. The minimum Gasteiger partial charge on any atom is -0.493 e. The first-order valence-electron chi connectivity index (χ1n) is 6.70. The number of benzene rings is 1. The maximum absolute atomic E-state index is 12.5. The molecule has 0 saturated carbocycles. The number of nitrogens with one attached hydrogen (secondary N) is 2. The summed E-state index contributed by atoms with van der Waals surface area (Å²) in [6.07, 6.45) is 0.996. The van der Waals surface area contributed by atoms with Crippen molar-refractivity contribution in [2.75, 3.05) is 26.7 Å². The smallest absolute Gasteiger partial charge is 0.387 e. The van der Waals surface area contributed by atoms with E-state index in [0.717, 1.165) is 13.0 Å². The Balaban J connectivity index is 0.00000441. The van der Waals surface area contributed by atoms with E-state index in [4.69, 9.17) is 4.74 Å². The van der Waals surface area contributed by atoms with Crippen molar-refractivity contribution in [3.05, 3.63) is 23.8 Å². The van der Waals surface area contributed by atoms with Crippen molar-refractivity contribution >= 4 is 18.3 Å². The fraction of sp³-hybridized carbons (Fsp3) is 0.500. The molecule has 0 atom stereocenters. The molecule has 1 amide bonds. The van der Waals surface area contributed by atoms with Gasteiger partial charge in [-0.15, -0.1) is 12.4 Å². The molecule has 126 valence electrons. The minimum atomic E-state index is -3.03. The molecule has 1 rings (SSSR count). The van der Waals surface area contributed by atoms with E-state index in [0.29, 0.717) is 13.1 Å². The molecule has 0 spiro atoms. The Bertz CT molecular complexity index is 462. The fourth-order valence-electron chi connectivity index (χ4n) is 1.73. The zero-order valence-corrected chi connectivity index (χ0v) is 13.3. The number of hydrogen-bond donors (Lipinski definition) is 2. The molecule has 1 aromatic carbocycles. The lowest BCUT2D eigenvalue weighted by Crippen LogP contribution is -2.32. The van der Waals surface area contributed by atoms with Gasteiger partial charge in [-0.2, -0.15) is 8.78 Å². The number of amides is 1. The summed E-state index contributed by atoms with van der Waals surface area (Å²) in [5.74, 6) is -0.649. The van der Waals surface area contributed by atoms with Gasteiger partial charge in [-0.25, -0.2) is 0 Å². The van der Waals surface area contributed by atoms with Gasteiger partial charge in [0.1, 0.15) is 0 Å². The second-order valence-electron chi connectivity index (χ2n) is 4.22. The molecule has 5 nitrogen and oxygen atoms in total. The summed E-state index contributed by atoms with van der Waals surface area (Å²) in [6.45, 7) is 0.864. The van der Waals surface area contributed by atoms with Crippen molar-refractivity contribution in [1.82, 2.24) is 10.6 Å². The summed E-state index contributed by atoms with van der Waals surface area (Å²) in [4.78, 5) is 12.0. The summed E-state index contributed by atoms with van der Waals surface area (Å²) >= 11 is 0. The molecule has 0 aliphatic carbocycles. The molecule has 8 heteroatoms. The normalized spacial score (nSPS) is 10.0. The first kappa shape index (κ1) is 20.4. The van der Waals surface area contributed by atoms with Gasteiger partial charge in [0, 0.05) is 13.1 Å². The number of halogens is 3. The van der Waals surface area contributed by atoms with Crippen LogP contribution in [0.5, 0.6) is 11.5 Å². The molecule has 22 heavy (non-hydrogen) atoms. The minimum absolute atomic E-state index is 0. The van der Waals surface area contributed by atoms with Gasteiger partial charge in [-0.05, 0) is 25.1 Å². The number of ether oxygens (including phenoxy) is 2. The highest BCUT2D eigenvalue weighted by Crippen LogP contribution is 2.32. The van der Waals surface area contributed by atoms with Crippen molar-refractivity contribution in [2.45, 2.75) is 20.0 Å².